The zero-order chi connectivity index (χ0) is 13.8. The predicted octanol–water partition coefficient (Wildman–Crippen LogP) is 3.13. The van der Waals surface area contributed by atoms with Gasteiger partial charge in [0.15, 0.2) is 6.29 Å². The molecule has 0 fully saturated rings. The van der Waals surface area contributed by atoms with Gasteiger partial charge in [-0.2, -0.15) is 0 Å². The highest BCUT2D eigenvalue weighted by Crippen LogP contribution is 2.25. The molecule has 7 heteroatoms. The summed E-state index contributed by atoms with van der Waals surface area (Å²) in [5, 5.41) is 4.23. The first-order valence-corrected chi connectivity index (χ1v) is 7.02. The van der Waals surface area contributed by atoms with E-state index >= 15 is 0 Å². The smallest absolute Gasteiger partial charge is 0.156 e. The Labute approximate surface area is 120 Å². The van der Waals surface area contributed by atoms with Crippen LogP contribution in [0.25, 0.3) is 0 Å². The molecule has 1 atom stereocenters. The van der Waals surface area contributed by atoms with Crippen LogP contribution in [0.5, 0.6) is 0 Å². The Morgan fingerprint density at radius 3 is 2.89 bits per heavy atom. The molecule has 0 radical (unpaired) electrons. The second-order valence-corrected chi connectivity index (χ2v) is 5.43. The fourth-order valence-corrected chi connectivity index (χ4v) is 2.58. The van der Waals surface area contributed by atoms with Gasteiger partial charge >= 0.3 is 0 Å². The molecule has 2 rings (SSSR count). The average Bonchev–Trinajstić information content (AvgIpc) is 2.88. The highest BCUT2D eigenvalue weighted by atomic mass is 35.5. The highest BCUT2D eigenvalue weighted by Gasteiger charge is 2.14. The Kier molecular flexibility index (Phi) is 4.44. The van der Waals surface area contributed by atoms with Gasteiger partial charge in [-0.3, -0.25) is 4.79 Å². The fourth-order valence-electron chi connectivity index (χ4n) is 1.55. The Bertz CT molecular complexity index is 587. The van der Waals surface area contributed by atoms with Gasteiger partial charge in [-0.1, -0.05) is 18.5 Å². The number of carbonyl (C=O) groups is 1. The Balaban J connectivity index is 2.21. The molecule has 0 spiro atoms. The number of aryl methyl sites for hydroxylation is 1. The van der Waals surface area contributed by atoms with Gasteiger partial charge in [0.1, 0.15) is 22.3 Å². The van der Waals surface area contributed by atoms with Gasteiger partial charge < -0.3 is 5.32 Å². The van der Waals surface area contributed by atoms with Crippen LogP contribution >= 0.6 is 22.9 Å². The molecule has 0 saturated carbocycles. The first kappa shape index (κ1) is 13.9. The van der Waals surface area contributed by atoms with Crippen LogP contribution in [0.4, 0.5) is 5.82 Å². The molecule has 0 aliphatic heterocycles. The van der Waals surface area contributed by atoms with Crippen molar-refractivity contribution in [3.8, 4) is 0 Å². The van der Waals surface area contributed by atoms with Gasteiger partial charge in [-0.15, -0.1) is 11.3 Å². The van der Waals surface area contributed by atoms with Crippen LogP contribution in [0.15, 0.2) is 12.5 Å². The molecular weight excluding hydrogens is 284 g/mol. The molecule has 2 aromatic rings. The maximum atomic E-state index is 11.0. The summed E-state index contributed by atoms with van der Waals surface area (Å²) in [6.45, 7) is 4.05. The largest absolute Gasteiger partial charge is 0.360 e. The van der Waals surface area contributed by atoms with Gasteiger partial charge in [-0.25, -0.2) is 15.0 Å². The van der Waals surface area contributed by atoms with Crippen LogP contribution in [-0.4, -0.2) is 21.2 Å². The van der Waals surface area contributed by atoms with Gasteiger partial charge in [0.2, 0.25) is 0 Å². The summed E-state index contributed by atoms with van der Waals surface area (Å²) in [5.41, 5.74) is 0.267. The first-order chi connectivity index (χ1) is 9.15. The number of anilines is 1. The molecule has 0 aliphatic rings. The van der Waals surface area contributed by atoms with Crippen molar-refractivity contribution in [1.82, 2.24) is 15.0 Å². The number of aldehydes is 1. The lowest BCUT2D eigenvalue weighted by Gasteiger charge is -2.13. The number of aromatic nitrogens is 3. The van der Waals surface area contributed by atoms with E-state index in [1.165, 1.54) is 11.2 Å². The molecule has 100 valence electrons. The lowest BCUT2D eigenvalue weighted by molar-refractivity contribution is 0.112. The number of rotatable bonds is 5. The average molecular weight is 297 g/mol. The van der Waals surface area contributed by atoms with Crippen molar-refractivity contribution in [1.29, 1.82) is 0 Å². The zero-order valence-electron chi connectivity index (χ0n) is 10.6. The molecular formula is C12H13ClN4OS. The maximum absolute atomic E-state index is 11.0. The molecule has 0 aromatic carbocycles. The van der Waals surface area contributed by atoms with Crippen LogP contribution in [-0.2, 0) is 6.42 Å². The van der Waals surface area contributed by atoms with Crippen molar-refractivity contribution in [2.75, 3.05) is 5.32 Å². The van der Waals surface area contributed by atoms with E-state index in [4.69, 9.17) is 11.6 Å². The third-order valence-corrected chi connectivity index (χ3v) is 4.22. The number of hydrogen-bond acceptors (Lipinski definition) is 6. The second-order valence-electron chi connectivity index (χ2n) is 3.93. The lowest BCUT2D eigenvalue weighted by Crippen LogP contribution is -2.10. The molecule has 19 heavy (non-hydrogen) atoms. The predicted molar refractivity (Wildman–Crippen MR) is 76.0 cm³/mol. The number of halogens is 1. The summed E-state index contributed by atoms with van der Waals surface area (Å²) in [5.74, 6) is 0.427. The Morgan fingerprint density at radius 1 is 1.47 bits per heavy atom. The minimum atomic E-state index is -0.0463. The van der Waals surface area contributed by atoms with Crippen molar-refractivity contribution >= 4 is 35.0 Å². The van der Waals surface area contributed by atoms with Crippen LogP contribution in [0.1, 0.15) is 40.1 Å². The van der Waals surface area contributed by atoms with E-state index in [9.17, 15) is 4.79 Å². The van der Waals surface area contributed by atoms with E-state index in [1.54, 1.807) is 11.3 Å². The molecule has 5 nitrogen and oxygen atoms in total. The summed E-state index contributed by atoms with van der Waals surface area (Å²) in [6.07, 6.45) is 4.80. The van der Waals surface area contributed by atoms with E-state index in [1.807, 2.05) is 13.1 Å². The van der Waals surface area contributed by atoms with Gasteiger partial charge in [0.25, 0.3) is 0 Å². The van der Waals surface area contributed by atoms with E-state index in [2.05, 4.69) is 27.2 Å². The monoisotopic (exact) mass is 296 g/mol. The van der Waals surface area contributed by atoms with Crippen molar-refractivity contribution in [3.63, 3.8) is 0 Å². The number of nitrogens with one attached hydrogen (secondary N) is 1. The third-order valence-electron chi connectivity index (χ3n) is 2.60. The van der Waals surface area contributed by atoms with Crippen molar-refractivity contribution in [2.45, 2.75) is 26.3 Å². The van der Waals surface area contributed by atoms with E-state index in [0.29, 0.717) is 12.1 Å². The number of thiazole rings is 1. The minimum absolute atomic E-state index is 0.0463. The summed E-state index contributed by atoms with van der Waals surface area (Å²) in [4.78, 5) is 24.4. The maximum Gasteiger partial charge on any atom is 0.156 e. The van der Waals surface area contributed by atoms with Crippen molar-refractivity contribution in [3.05, 3.63) is 33.1 Å². The lowest BCUT2D eigenvalue weighted by atomic mass is 10.3. The van der Waals surface area contributed by atoms with Crippen molar-refractivity contribution in [2.24, 2.45) is 0 Å². The summed E-state index contributed by atoms with van der Waals surface area (Å²) < 4.78 is 0. The van der Waals surface area contributed by atoms with E-state index in [0.717, 1.165) is 11.4 Å². The molecule has 1 unspecified atom stereocenters. The topological polar surface area (TPSA) is 67.8 Å². The van der Waals surface area contributed by atoms with Crippen LogP contribution in [0.2, 0.25) is 5.15 Å². The summed E-state index contributed by atoms with van der Waals surface area (Å²) >= 11 is 7.49. The normalized spacial score (nSPS) is 12.2. The minimum Gasteiger partial charge on any atom is -0.360 e. The Morgan fingerprint density at radius 2 is 2.26 bits per heavy atom. The second kappa shape index (κ2) is 6.08. The first-order valence-electron chi connectivity index (χ1n) is 5.82. The Hall–Kier alpha value is -1.53. The molecule has 0 saturated heterocycles. The van der Waals surface area contributed by atoms with Crippen LogP contribution < -0.4 is 5.32 Å². The van der Waals surface area contributed by atoms with Crippen LogP contribution in [0, 0.1) is 0 Å². The molecule has 2 aromatic heterocycles. The summed E-state index contributed by atoms with van der Waals surface area (Å²) in [7, 11) is 0. The van der Waals surface area contributed by atoms with E-state index in [-0.39, 0.29) is 16.8 Å². The van der Waals surface area contributed by atoms with Gasteiger partial charge in [0.05, 0.1) is 11.6 Å². The fraction of sp³-hybridized carbons (Fsp3) is 0.333. The zero-order valence-corrected chi connectivity index (χ0v) is 12.1. The third kappa shape index (κ3) is 3.08. The van der Waals surface area contributed by atoms with Gasteiger partial charge in [-0.05, 0) is 13.3 Å². The summed E-state index contributed by atoms with van der Waals surface area (Å²) in [6, 6.07) is -0.0463. The highest BCUT2D eigenvalue weighted by molar-refractivity contribution is 7.11. The quantitative estimate of drug-likeness (QED) is 0.678. The molecule has 0 bridgehead atoms. The van der Waals surface area contributed by atoms with Crippen molar-refractivity contribution < 1.29 is 4.79 Å². The molecule has 0 aliphatic carbocycles. The number of hydrogen-bond donors (Lipinski definition) is 1. The molecule has 2 heterocycles. The van der Waals surface area contributed by atoms with Crippen LogP contribution in [0.3, 0.4) is 0 Å². The standard InChI is InChI=1S/C12H13ClN4OS/c1-3-8-4-14-12(19-8)7(2)17-11-9(5-18)10(13)15-6-16-11/h4-7H,3H2,1-2H3,(H,15,16,17). The van der Waals surface area contributed by atoms with E-state index < -0.39 is 0 Å². The van der Waals surface area contributed by atoms with Gasteiger partial charge in [0, 0.05) is 11.1 Å². The molecule has 1 N–H and O–H groups in total. The number of carbonyl (C=O) groups excluding carboxylic acids is 1. The molecule has 0 amide bonds. The SMILES string of the molecule is CCc1cnc(C(C)Nc2ncnc(Cl)c2C=O)s1. The number of nitrogens with zero attached hydrogens (tertiary/aromatic N) is 3.